The molecule has 2 aromatic heterocycles. The van der Waals surface area contributed by atoms with Gasteiger partial charge < -0.3 is 5.32 Å². The first kappa shape index (κ1) is 13.0. The average molecular weight is 280 g/mol. The number of thiophene rings is 1. The zero-order chi connectivity index (χ0) is 13.6. The molecule has 0 saturated carbocycles. The lowest BCUT2D eigenvalue weighted by molar-refractivity contribution is 0.605. The first-order chi connectivity index (χ1) is 9.93. The third-order valence-corrected chi connectivity index (χ3v) is 3.99. The van der Waals surface area contributed by atoms with Gasteiger partial charge in [0.2, 0.25) is 0 Å². The van der Waals surface area contributed by atoms with Crippen LogP contribution in [0.4, 0.5) is 0 Å². The molecule has 3 heteroatoms. The highest BCUT2D eigenvalue weighted by atomic mass is 32.1. The van der Waals surface area contributed by atoms with Gasteiger partial charge in [0, 0.05) is 18.9 Å². The fraction of sp³-hybridized carbons (Fsp3) is 0.118. The van der Waals surface area contributed by atoms with Crippen LogP contribution in [-0.4, -0.2) is 4.98 Å². The van der Waals surface area contributed by atoms with Crippen LogP contribution >= 0.6 is 11.3 Å². The van der Waals surface area contributed by atoms with E-state index in [1.807, 2.05) is 18.5 Å². The Morgan fingerprint density at radius 3 is 2.40 bits per heavy atom. The topological polar surface area (TPSA) is 24.9 Å². The van der Waals surface area contributed by atoms with Gasteiger partial charge in [0.05, 0.1) is 6.04 Å². The molecule has 2 heterocycles. The number of nitrogens with zero attached hydrogens (tertiary/aromatic N) is 1. The minimum absolute atomic E-state index is 0.194. The van der Waals surface area contributed by atoms with Gasteiger partial charge in [0.25, 0.3) is 0 Å². The lowest BCUT2D eigenvalue weighted by atomic mass is 9.99. The van der Waals surface area contributed by atoms with Crippen LogP contribution in [0.2, 0.25) is 0 Å². The Kier molecular flexibility index (Phi) is 4.21. The molecule has 3 rings (SSSR count). The summed E-state index contributed by atoms with van der Waals surface area (Å²) in [6.07, 6.45) is 3.69. The Morgan fingerprint density at radius 2 is 1.70 bits per heavy atom. The minimum Gasteiger partial charge on any atom is -0.302 e. The summed E-state index contributed by atoms with van der Waals surface area (Å²) in [7, 11) is 0. The van der Waals surface area contributed by atoms with Crippen molar-refractivity contribution >= 4 is 11.3 Å². The Balaban J connectivity index is 1.84. The maximum Gasteiger partial charge on any atom is 0.0580 e. The second kappa shape index (κ2) is 6.46. The van der Waals surface area contributed by atoms with Crippen molar-refractivity contribution in [3.63, 3.8) is 0 Å². The molecule has 0 fully saturated rings. The van der Waals surface area contributed by atoms with Gasteiger partial charge in [-0.25, -0.2) is 0 Å². The van der Waals surface area contributed by atoms with E-state index >= 15 is 0 Å². The van der Waals surface area contributed by atoms with Gasteiger partial charge in [0.1, 0.15) is 0 Å². The number of hydrogen-bond acceptors (Lipinski definition) is 3. The lowest BCUT2D eigenvalue weighted by Crippen LogP contribution is -2.21. The van der Waals surface area contributed by atoms with E-state index in [-0.39, 0.29) is 6.04 Å². The van der Waals surface area contributed by atoms with Crippen molar-refractivity contribution in [2.45, 2.75) is 12.6 Å². The summed E-state index contributed by atoms with van der Waals surface area (Å²) in [5.74, 6) is 0. The van der Waals surface area contributed by atoms with E-state index in [4.69, 9.17) is 0 Å². The SMILES string of the molecule is c1ccc([C@H](NCc2ccsc2)c2ccncc2)cc1. The van der Waals surface area contributed by atoms with Crippen molar-refractivity contribution in [3.05, 3.63) is 88.4 Å². The summed E-state index contributed by atoms with van der Waals surface area (Å²) in [6.45, 7) is 0.866. The number of pyridine rings is 1. The zero-order valence-electron chi connectivity index (χ0n) is 11.1. The quantitative estimate of drug-likeness (QED) is 0.763. The Hall–Kier alpha value is -1.97. The summed E-state index contributed by atoms with van der Waals surface area (Å²) in [6, 6.07) is 17.0. The van der Waals surface area contributed by atoms with Crippen molar-refractivity contribution in [3.8, 4) is 0 Å². The Morgan fingerprint density at radius 1 is 0.950 bits per heavy atom. The molecular formula is C17H16N2S. The van der Waals surface area contributed by atoms with Crippen LogP contribution in [0.3, 0.4) is 0 Å². The zero-order valence-corrected chi connectivity index (χ0v) is 11.9. The minimum atomic E-state index is 0.194. The lowest BCUT2D eigenvalue weighted by Gasteiger charge is -2.19. The summed E-state index contributed by atoms with van der Waals surface area (Å²) in [4.78, 5) is 4.11. The smallest absolute Gasteiger partial charge is 0.0580 e. The second-order valence-corrected chi connectivity index (χ2v) is 5.42. The summed E-state index contributed by atoms with van der Waals surface area (Å²) < 4.78 is 0. The molecule has 0 radical (unpaired) electrons. The van der Waals surface area contributed by atoms with Gasteiger partial charge in [-0.15, -0.1) is 0 Å². The molecule has 1 aromatic carbocycles. The molecule has 0 saturated heterocycles. The van der Waals surface area contributed by atoms with Crippen LogP contribution < -0.4 is 5.32 Å². The molecule has 1 N–H and O–H groups in total. The van der Waals surface area contributed by atoms with Crippen LogP contribution in [0.15, 0.2) is 71.7 Å². The van der Waals surface area contributed by atoms with E-state index in [0.29, 0.717) is 0 Å². The maximum absolute atomic E-state index is 4.11. The third-order valence-electron chi connectivity index (χ3n) is 3.26. The van der Waals surface area contributed by atoms with Gasteiger partial charge >= 0.3 is 0 Å². The first-order valence-corrected chi connectivity index (χ1v) is 7.57. The highest BCUT2D eigenvalue weighted by Gasteiger charge is 2.13. The Bertz CT molecular complexity index is 581. The molecule has 0 amide bonds. The predicted octanol–water partition coefficient (Wildman–Crippen LogP) is 4.02. The summed E-state index contributed by atoms with van der Waals surface area (Å²) >= 11 is 1.73. The normalized spacial score (nSPS) is 12.2. The van der Waals surface area contributed by atoms with Crippen LogP contribution in [0, 0.1) is 0 Å². The van der Waals surface area contributed by atoms with Crippen molar-refractivity contribution in [2.24, 2.45) is 0 Å². The summed E-state index contributed by atoms with van der Waals surface area (Å²) in [5, 5.41) is 7.93. The number of hydrogen-bond donors (Lipinski definition) is 1. The fourth-order valence-electron chi connectivity index (χ4n) is 2.24. The van der Waals surface area contributed by atoms with Crippen molar-refractivity contribution in [2.75, 3.05) is 0 Å². The number of benzene rings is 1. The van der Waals surface area contributed by atoms with E-state index in [2.05, 4.69) is 63.5 Å². The molecule has 0 aliphatic heterocycles. The molecule has 100 valence electrons. The molecule has 1 atom stereocenters. The fourth-order valence-corrected chi connectivity index (χ4v) is 2.91. The monoisotopic (exact) mass is 280 g/mol. The largest absolute Gasteiger partial charge is 0.302 e. The predicted molar refractivity (Wildman–Crippen MR) is 83.7 cm³/mol. The first-order valence-electron chi connectivity index (χ1n) is 6.63. The van der Waals surface area contributed by atoms with Gasteiger partial charge in [-0.2, -0.15) is 11.3 Å². The van der Waals surface area contributed by atoms with Crippen LogP contribution in [-0.2, 0) is 6.54 Å². The molecule has 0 aliphatic carbocycles. The van der Waals surface area contributed by atoms with Gasteiger partial charge in [-0.1, -0.05) is 30.3 Å². The van der Waals surface area contributed by atoms with E-state index in [1.165, 1.54) is 16.7 Å². The van der Waals surface area contributed by atoms with Gasteiger partial charge in [-0.05, 0) is 45.6 Å². The Labute approximate surface area is 123 Å². The van der Waals surface area contributed by atoms with E-state index < -0.39 is 0 Å². The van der Waals surface area contributed by atoms with Crippen molar-refractivity contribution < 1.29 is 0 Å². The van der Waals surface area contributed by atoms with Gasteiger partial charge in [0.15, 0.2) is 0 Å². The van der Waals surface area contributed by atoms with Gasteiger partial charge in [-0.3, -0.25) is 4.98 Å². The maximum atomic E-state index is 4.11. The highest BCUT2D eigenvalue weighted by molar-refractivity contribution is 7.07. The van der Waals surface area contributed by atoms with E-state index in [9.17, 15) is 0 Å². The third kappa shape index (κ3) is 3.13. The molecule has 0 spiro atoms. The van der Waals surface area contributed by atoms with E-state index in [1.54, 1.807) is 11.3 Å². The molecule has 20 heavy (non-hydrogen) atoms. The van der Waals surface area contributed by atoms with Crippen molar-refractivity contribution in [1.82, 2.24) is 10.3 Å². The number of aromatic nitrogens is 1. The number of nitrogens with one attached hydrogen (secondary N) is 1. The van der Waals surface area contributed by atoms with Crippen LogP contribution in [0.1, 0.15) is 22.7 Å². The standard InChI is InChI=1S/C17H16N2S/c1-2-4-15(5-3-1)17(16-6-9-18-10-7-16)19-12-14-8-11-20-13-14/h1-11,13,17,19H,12H2/t17-/m0/s1. The number of rotatable bonds is 5. The van der Waals surface area contributed by atoms with Crippen LogP contribution in [0.25, 0.3) is 0 Å². The molecule has 2 nitrogen and oxygen atoms in total. The average Bonchev–Trinajstić information content (AvgIpc) is 3.03. The summed E-state index contributed by atoms with van der Waals surface area (Å²) in [5.41, 5.74) is 3.83. The van der Waals surface area contributed by atoms with Crippen molar-refractivity contribution in [1.29, 1.82) is 0 Å². The van der Waals surface area contributed by atoms with E-state index in [0.717, 1.165) is 6.54 Å². The molecule has 3 aromatic rings. The molecular weight excluding hydrogens is 264 g/mol. The second-order valence-electron chi connectivity index (χ2n) is 4.64. The van der Waals surface area contributed by atoms with Crippen LogP contribution in [0.5, 0.6) is 0 Å². The highest BCUT2D eigenvalue weighted by Crippen LogP contribution is 2.22. The molecule has 0 unspecified atom stereocenters. The molecule has 0 aliphatic rings. The molecule has 0 bridgehead atoms.